The van der Waals surface area contributed by atoms with E-state index in [0.29, 0.717) is 0 Å². The van der Waals surface area contributed by atoms with Crippen molar-refractivity contribution in [2.45, 2.75) is 23.0 Å². The van der Waals surface area contributed by atoms with Crippen molar-refractivity contribution in [2.75, 3.05) is 6.61 Å². The van der Waals surface area contributed by atoms with E-state index in [2.05, 4.69) is 0 Å². The van der Waals surface area contributed by atoms with Crippen molar-refractivity contribution in [3.8, 4) is 0 Å². The smallest absolute Gasteiger partial charge is 0.182 e. The van der Waals surface area contributed by atoms with E-state index in [-0.39, 0.29) is 29.2 Å². The Bertz CT molecular complexity index is 767. The van der Waals surface area contributed by atoms with Crippen LogP contribution in [-0.4, -0.2) is 25.4 Å². The fourth-order valence-corrected chi connectivity index (χ4v) is 5.19. The average molecular weight is 320 g/mol. The summed E-state index contributed by atoms with van der Waals surface area (Å²) in [6.07, 6.45) is 0. The lowest BCUT2D eigenvalue weighted by atomic mass is 10.1. The Kier molecular flexibility index (Phi) is 3.78. The number of aryl methyl sites for hydroxylation is 1. The zero-order chi connectivity index (χ0) is 15.9. The molecule has 0 radical (unpaired) electrons. The maximum Gasteiger partial charge on any atom is 0.182 e. The number of aliphatic hydroxyl groups excluding tert-OH is 1. The lowest BCUT2D eigenvalue weighted by Crippen LogP contribution is -2.11. The summed E-state index contributed by atoms with van der Waals surface area (Å²) in [5, 5.41) is 8.83. The van der Waals surface area contributed by atoms with Crippen LogP contribution in [0.4, 0.5) is 4.39 Å². The van der Waals surface area contributed by atoms with E-state index in [4.69, 9.17) is 0 Å². The van der Waals surface area contributed by atoms with E-state index in [0.717, 1.165) is 11.1 Å². The van der Waals surface area contributed by atoms with E-state index < -0.39 is 15.1 Å². The van der Waals surface area contributed by atoms with Crippen molar-refractivity contribution < 1.29 is 17.9 Å². The first-order valence-electron chi connectivity index (χ1n) is 7.12. The largest absolute Gasteiger partial charge is 0.396 e. The highest BCUT2D eigenvalue weighted by Crippen LogP contribution is 2.53. The fourth-order valence-electron chi connectivity index (χ4n) is 2.99. The summed E-state index contributed by atoms with van der Waals surface area (Å²) >= 11 is 0. The highest BCUT2D eigenvalue weighted by Gasteiger charge is 2.58. The molecular weight excluding hydrogens is 303 g/mol. The van der Waals surface area contributed by atoms with Crippen LogP contribution in [0.3, 0.4) is 0 Å². The minimum absolute atomic E-state index is 0.197. The molecule has 22 heavy (non-hydrogen) atoms. The Labute approximate surface area is 129 Å². The zero-order valence-electron chi connectivity index (χ0n) is 12.1. The predicted octanol–water partition coefficient (Wildman–Crippen LogP) is 2.68. The van der Waals surface area contributed by atoms with Gasteiger partial charge in [0.15, 0.2) is 9.84 Å². The molecule has 1 saturated carbocycles. The molecule has 0 saturated heterocycles. The third kappa shape index (κ3) is 2.55. The van der Waals surface area contributed by atoms with Crippen molar-refractivity contribution in [2.24, 2.45) is 5.92 Å². The molecule has 1 aliphatic carbocycles. The summed E-state index contributed by atoms with van der Waals surface area (Å²) in [4.78, 5) is 0.270. The van der Waals surface area contributed by atoms with Gasteiger partial charge in [-0.15, -0.1) is 0 Å². The summed E-state index contributed by atoms with van der Waals surface area (Å²) in [5.74, 6) is -0.975. The van der Waals surface area contributed by atoms with Gasteiger partial charge in [0.2, 0.25) is 0 Å². The molecular formula is C17H17FO3S. The maximum absolute atomic E-state index is 13.0. The van der Waals surface area contributed by atoms with E-state index in [1.807, 2.05) is 6.92 Å². The molecule has 3 atom stereocenters. The van der Waals surface area contributed by atoms with E-state index in [9.17, 15) is 17.9 Å². The van der Waals surface area contributed by atoms with Gasteiger partial charge >= 0.3 is 0 Å². The highest BCUT2D eigenvalue weighted by molar-refractivity contribution is 7.92. The molecule has 3 rings (SSSR count). The minimum Gasteiger partial charge on any atom is -0.396 e. The number of aliphatic hydroxyl groups is 1. The molecule has 0 bridgehead atoms. The Morgan fingerprint density at radius 1 is 1.05 bits per heavy atom. The van der Waals surface area contributed by atoms with Crippen LogP contribution < -0.4 is 0 Å². The van der Waals surface area contributed by atoms with Gasteiger partial charge in [0.25, 0.3) is 0 Å². The molecule has 5 heteroatoms. The van der Waals surface area contributed by atoms with E-state index in [1.54, 1.807) is 36.4 Å². The zero-order valence-corrected chi connectivity index (χ0v) is 12.9. The van der Waals surface area contributed by atoms with Gasteiger partial charge in [0.05, 0.1) is 10.1 Å². The van der Waals surface area contributed by atoms with Crippen LogP contribution in [0, 0.1) is 18.7 Å². The van der Waals surface area contributed by atoms with Crippen molar-refractivity contribution in [1.82, 2.24) is 0 Å². The summed E-state index contributed by atoms with van der Waals surface area (Å²) in [5.41, 5.74) is 1.74. The monoisotopic (exact) mass is 320 g/mol. The molecule has 2 aromatic carbocycles. The van der Waals surface area contributed by atoms with E-state index >= 15 is 0 Å². The molecule has 1 N–H and O–H groups in total. The first-order chi connectivity index (χ1) is 10.4. The first kappa shape index (κ1) is 15.2. The Morgan fingerprint density at radius 2 is 1.64 bits per heavy atom. The highest BCUT2D eigenvalue weighted by atomic mass is 32.2. The Hall–Kier alpha value is -1.72. The number of hydrogen-bond acceptors (Lipinski definition) is 3. The normalized spacial score (nSPS) is 24.2. The van der Waals surface area contributed by atoms with Crippen LogP contribution in [0.2, 0.25) is 0 Å². The molecule has 0 aromatic heterocycles. The molecule has 3 nitrogen and oxygen atoms in total. The quantitative estimate of drug-likeness (QED) is 0.942. The molecule has 116 valence electrons. The second-order valence-corrected chi connectivity index (χ2v) is 7.85. The van der Waals surface area contributed by atoms with Crippen LogP contribution in [0.25, 0.3) is 0 Å². The first-order valence-corrected chi connectivity index (χ1v) is 8.66. The summed E-state index contributed by atoms with van der Waals surface area (Å²) in [6, 6.07) is 12.5. The lowest BCUT2D eigenvalue weighted by Gasteiger charge is -2.05. The number of hydrogen-bond donors (Lipinski definition) is 1. The van der Waals surface area contributed by atoms with Gasteiger partial charge in [-0.2, -0.15) is 0 Å². The van der Waals surface area contributed by atoms with Crippen LogP contribution >= 0.6 is 0 Å². The Balaban J connectivity index is 1.93. The summed E-state index contributed by atoms with van der Waals surface area (Å²) in [6.45, 7) is 1.70. The van der Waals surface area contributed by atoms with Gasteiger partial charge in [0, 0.05) is 18.4 Å². The molecule has 0 unspecified atom stereocenters. The Morgan fingerprint density at radius 3 is 2.18 bits per heavy atom. The summed E-state index contributed by atoms with van der Waals surface area (Å²) in [7, 11) is -3.51. The average Bonchev–Trinajstić information content (AvgIpc) is 3.24. The van der Waals surface area contributed by atoms with Crippen LogP contribution in [-0.2, 0) is 9.84 Å². The molecule has 0 heterocycles. The molecule has 2 aromatic rings. The number of sulfone groups is 1. The minimum atomic E-state index is -3.51. The van der Waals surface area contributed by atoms with Gasteiger partial charge < -0.3 is 5.11 Å². The van der Waals surface area contributed by atoms with Gasteiger partial charge in [-0.3, -0.25) is 0 Å². The second kappa shape index (κ2) is 5.48. The standard InChI is InChI=1S/C17H17FO3S/c1-11-2-8-14(9-3-11)22(20,21)17-15(10-19)16(17)12-4-6-13(18)7-5-12/h2-9,15-17,19H,10H2,1H3/t15-,16+,17-/m1/s1. The molecule has 1 fully saturated rings. The third-order valence-electron chi connectivity index (χ3n) is 4.27. The van der Waals surface area contributed by atoms with Gasteiger partial charge in [0.1, 0.15) is 5.82 Å². The number of benzene rings is 2. The van der Waals surface area contributed by atoms with Gasteiger partial charge in [-0.1, -0.05) is 29.8 Å². The topological polar surface area (TPSA) is 54.4 Å². The number of halogens is 1. The van der Waals surface area contributed by atoms with Crippen molar-refractivity contribution in [3.63, 3.8) is 0 Å². The molecule has 0 amide bonds. The van der Waals surface area contributed by atoms with E-state index in [1.165, 1.54) is 12.1 Å². The van der Waals surface area contributed by atoms with Gasteiger partial charge in [-0.25, -0.2) is 12.8 Å². The van der Waals surface area contributed by atoms with Crippen molar-refractivity contribution in [3.05, 3.63) is 65.5 Å². The third-order valence-corrected chi connectivity index (χ3v) is 6.56. The van der Waals surface area contributed by atoms with Crippen LogP contribution in [0.15, 0.2) is 53.4 Å². The fraction of sp³-hybridized carbons (Fsp3) is 0.294. The van der Waals surface area contributed by atoms with Crippen molar-refractivity contribution >= 4 is 9.84 Å². The lowest BCUT2D eigenvalue weighted by molar-refractivity contribution is 0.274. The predicted molar refractivity (Wildman–Crippen MR) is 81.9 cm³/mol. The van der Waals surface area contributed by atoms with Gasteiger partial charge in [-0.05, 0) is 36.8 Å². The maximum atomic E-state index is 13.0. The van der Waals surface area contributed by atoms with Crippen molar-refractivity contribution in [1.29, 1.82) is 0 Å². The summed E-state index contributed by atoms with van der Waals surface area (Å²) < 4.78 is 38.5. The second-order valence-electron chi connectivity index (χ2n) is 5.75. The van der Waals surface area contributed by atoms with Crippen LogP contribution in [0.1, 0.15) is 17.0 Å². The molecule has 1 aliphatic rings. The SMILES string of the molecule is Cc1ccc(S(=O)(=O)[C@@H]2[C@H](CO)[C@@H]2c2ccc(F)cc2)cc1. The van der Waals surface area contributed by atoms with Crippen LogP contribution in [0.5, 0.6) is 0 Å². The number of rotatable bonds is 4. The molecule has 0 spiro atoms. The molecule has 0 aliphatic heterocycles.